The Labute approximate surface area is 142 Å². The predicted molar refractivity (Wildman–Crippen MR) is 87.5 cm³/mol. The molecule has 0 saturated carbocycles. The quantitative estimate of drug-likeness (QED) is 0.711. The summed E-state index contributed by atoms with van der Waals surface area (Å²) in [7, 11) is 0. The number of carboxylic acids is 1. The first kappa shape index (κ1) is 16.9. The van der Waals surface area contributed by atoms with Crippen LogP contribution in [-0.2, 0) is 0 Å². The van der Waals surface area contributed by atoms with Gasteiger partial charge >= 0.3 is 12.0 Å². The van der Waals surface area contributed by atoms with Gasteiger partial charge in [0.15, 0.2) is 6.73 Å². The Morgan fingerprint density at radius 3 is 2.39 bits per heavy atom. The van der Waals surface area contributed by atoms with Gasteiger partial charge in [-0.2, -0.15) is 0 Å². The summed E-state index contributed by atoms with van der Waals surface area (Å²) in [5, 5.41) is 14.6. The molecule has 8 heteroatoms. The lowest BCUT2D eigenvalue weighted by Crippen LogP contribution is -2.32. The standard InChI is InChI=1S/C15H12Cl2N2O4/c16-10-3-6-13(12(17)7-10)23-8-18-15(22)19-11-4-1-9(2-5-11)14(20)21/h1-7H,8H2,(H,20,21)(H2,18,19,22). The molecule has 2 amide bonds. The number of aromatic carboxylic acids is 1. The Morgan fingerprint density at radius 2 is 1.78 bits per heavy atom. The smallest absolute Gasteiger partial charge is 0.335 e. The molecule has 23 heavy (non-hydrogen) atoms. The van der Waals surface area contributed by atoms with E-state index in [1.165, 1.54) is 30.3 Å². The maximum atomic E-state index is 11.7. The number of urea groups is 1. The van der Waals surface area contributed by atoms with Crippen molar-refractivity contribution in [2.75, 3.05) is 12.0 Å². The van der Waals surface area contributed by atoms with Gasteiger partial charge in [0.2, 0.25) is 0 Å². The fourth-order valence-corrected chi connectivity index (χ4v) is 2.11. The topological polar surface area (TPSA) is 87.7 Å². The fraction of sp³-hybridized carbons (Fsp3) is 0.0667. The molecule has 2 aromatic rings. The van der Waals surface area contributed by atoms with Crippen LogP contribution in [0.25, 0.3) is 0 Å². The van der Waals surface area contributed by atoms with Gasteiger partial charge < -0.3 is 20.5 Å². The minimum Gasteiger partial charge on any atom is -0.478 e. The normalized spacial score (nSPS) is 10.0. The highest BCUT2D eigenvalue weighted by atomic mass is 35.5. The third-order valence-electron chi connectivity index (χ3n) is 2.74. The summed E-state index contributed by atoms with van der Waals surface area (Å²) in [5.74, 6) is -0.642. The number of halogens is 2. The van der Waals surface area contributed by atoms with E-state index in [0.29, 0.717) is 21.5 Å². The highest BCUT2D eigenvalue weighted by Crippen LogP contribution is 2.27. The first-order chi connectivity index (χ1) is 11.0. The van der Waals surface area contributed by atoms with E-state index >= 15 is 0 Å². The monoisotopic (exact) mass is 354 g/mol. The summed E-state index contributed by atoms with van der Waals surface area (Å²) < 4.78 is 5.31. The van der Waals surface area contributed by atoms with Crippen LogP contribution in [0.3, 0.4) is 0 Å². The fourth-order valence-electron chi connectivity index (χ4n) is 1.64. The van der Waals surface area contributed by atoms with Crippen LogP contribution < -0.4 is 15.4 Å². The van der Waals surface area contributed by atoms with E-state index in [1.54, 1.807) is 12.1 Å². The molecule has 0 aromatic heterocycles. The van der Waals surface area contributed by atoms with E-state index in [1.807, 2.05) is 0 Å². The molecule has 0 atom stereocenters. The lowest BCUT2D eigenvalue weighted by molar-refractivity contribution is 0.0697. The SMILES string of the molecule is O=C(NCOc1ccc(Cl)cc1Cl)Nc1ccc(C(=O)O)cc1. The van der Waals surface area contributed by atoms with Crippen LogP contribution in [0.5, 0.6) is 5.75 Å². The molecule has 0 unspecified atom stereocenters. The van der Waals surface area contributed by atoms with Crippen molar-refractivity contribution in [3.05, 3.63) is 58.1 Å². The maximum absolute atomic E-state index is 11.7. The van der Waals surface area contributed by atoms with Gasteiger partial charge in [0.25, 0.3) is 0 Å². The van der Waals surface area contributed by atoms with Crippen LogP contribution in [0.2, 0.25) is 10.0 Å². The number of carboxylic acid groups (broad SMARTS) is 1. The van der Waals surface area contributed by atoms with Crippen LogP contribution in [0, 0.1) is 0 Å². The van der Waals surface area contributed by atoms with E-state index in [-0.39, 0.29) is 12.3 Å². The molecule has 0 radical (unpaired) electrons. The Balaban J connectivity index is 1.82. The molecule has 6 nitrogen and oxygen atoms in total. The zero-order chi connectivity index (χ0) is 16.8. The van der Waals surface area contributed by atoms with E-state index in [0.717, 1.165) is 0 Å². The van der Waals surface area contributed by atoms with Crippen molar-refractivity contribution in [1.82, 2.24) is 5.32 Å². The van der Waals surface area contributed by atoms with Crippen molar-refractivity contribution in [1.29, 1.82) is 0 Å². The van der Waals surface area contributed by atoms with Gasteiger partial charge in [-0.25, -0.2) is 9.59 Å². The van der Waals surface area contributed by atoms with Crippen molar-refractivity contribution in [3.63, 3.8) is 0 Å². The average molecular weight is 355 g/mol. The second-order valence-corrected chi connectivity index (χ2v) is 5.22. The molecule has 2 rings (SSSR count). The van der Waals surface area contributed by atoms with Crippen LogP contribution in [-0.4, -0.2) is 23.8 Å². The van der Waals surface area contributed by atoms with Crippen molar-refractivity contribution in [2.45, 2.75) is 0 Å². The summed E-state index contributed by atoms with van der Waals surface area (Å²) in [4.78, 5) is 22.4. The van der Waals surface area contributed by atoms with Crippen molar-refractivity contribution in [3.8, 4) is 5.75 Å². The molecule has 0 aliphatic heterocycles. The number of nitrogens with one attached hydrogen (secondary N) is 2. The van der Waals surface area contributed by atoms with E-state index in [9.17, 15) is 9.59 Å². The molecule has 0 spiro atoms. The number of hydrogen-bond acceptors (Lipinski definition) is 3. The zero-order valence-corrected chi connectivity index (χ0v) is 13.2. The second kappa shape index (κ2) is 7.71. The molecule has 0 heterocycles. The first-order valence-corrected chi connectivity index (χ1v) is 7.17. The number of ether oxygens (including phenoxy) is 1. The molecular formula is C15H12Cl2N2O4. The molecule has 120 valence electrons. The van der Waals surface area contributed by atoms with Crippen LogP contribution in [0.15, 0.2) is 42.5 Å². The Morgan fingerprint density at radius 1 is 1.09 bits per heavy atom. The average Bonchev–Trinajstić information content (AvgIpc) is 2.50. The Kier molecular flexibility index (Phi) is 5.67. The van der Waals surface area contributed by atoms with Gasteiger partial charge in [0, 0.05) is 10.7 Å². The molecule has 0 bridgehead atoms. The molecule has 0 aliphatic carbocycles. The third-order valence-corrected chi connectivity index (χ3v) is 3.27. The summed E-state index contributed by atoms with van der Waals surface area (Å²) in [6.07, 6.45) is 0. The van der Waals surface area contributed by atoms with E-state index < -0.39 is 12.0 Å². The molecule has 3 N–H and O–H groups in total. The number of benzene rings is 2. The summed E-state index contributed by atoms with van der Waals surface area (Å²) >= 11 is 11.7. The van der Waals surface area contributed by atoms with Gasteiger partial charge in [-0.3, -0.25) is 0 Å². The minimum atomic E-state index is -1.03. The van der Waals surface area contributed by atoms with Gasteiger partial charge in [-0.15, -0.1) is 0 Å². The minimum absolute atomic E-state index is 0.0968. The van der Waals surface area contributed by atoms with Gasteiger partial charge in [0.05, 0.1) is 10.6 Å². The molecular weight excluding hydrogens is 343 g/mol. The molecule has 0 fully saturated rings. The zero-order valence-electron chi connectivity index (χ0n) is 11.7. The second-order valence-electron chi connectivity index (χ2n) is 4.38. The molecule has 2 aromatic carbocycles. The highest BCUT2D eigenvalue weighted by molar-refractivity contribution is 6.35. The lowest BCUT2D eigenvalue weighted by atomic mass is 10.2. The van der Waals surface area contributed by atoms with Gasteiger partial charge in [0.1, 0.15) is 5.75 Å². The Hall–Kier alpha value is -2.44. The number of carbonyl (C=O) groups is 2. The van der Waals surface area contributed by atoms with Crippen molar-refractivity contribution < 1.29 is 19.4 Å². The van der Waals surface area contributed by atoms with E-state index in [2.05, 4.69) is 10.6 Å². The number of carbonyl (C=O) groups excluding carboxylic acids is 1. The summed E-state index contributed by atoms with van der Waals surface area (Å²) in [6, 6.07) is 9.99. The number of hydrogen-bond donors (Lipinski definition) is 3. The molecule has 0 aliphatic rings. The largest absolute Gasteiger partial charge is 0.478 e. The van der Waals surface area contributed by atoms with Gasteiger partial charge in [-0.05, 0) is 42.5 Å². The maximum Gasteiger partial charge on any atom is 0.335 e. The van der Waals surface area contributed by atoms with Crippen LogP contribution >= 0.6 is 23.2 Å². The van der Waals surface area contributed by atoms with E-state index in [4.69, 9.17) is 33.0 Å². The van der Waals surface area contributed by atoms with Gasteiger partial charge in [-0.1, -0.05) is 23.2 Å². The third kappa shape index (κ3) is 5.05. The predicted octanol–water partition coefficient (Wildman–Crippen LogP) is 3.85. The number of amides is 2. The summed E-state index contributed by atoms with van der Waals surface area (Å²) in [5.41, 5.74) is 0.591. The van der Waals surface area contributed by atoms with Crippen LogP contribution in [0.1, 0.15) is 10.4 Å². The number of rotatable bonds is 5. The van der Waals surface area contributed by atoms with Crippen molar-refractivity contribution >= 4 is 40.9 Å². The number of anilines is 1. The molecule has 0 saturated heterocycles. The highest BCUT2D eigenvalue weighted by Gasteiger charge is 2.06. The lowest BCUT2D eigenvalue weighted by Gasteiger charge is -2.10. The van der Waals surface area contributed by atoms with Crippen LogP contribution in [0.4, 0.5) is 10.5 Å². The summed E-state index contributed by atoms with van der Waals surface area (Å²) in [6.45, 7) is -0.0968. The van der Waals surface area contributed by atoms with Crippen molar-refractivity contribution in [2.24, 2.45) is 0 Å². The Bertz CT molecular complexity index is 720. The first-order valence-electron chi connectivity index (χ1n) is 6.42.